The van der Waals surface area contributed by atoms with Crippen molar-refractivity contribution in [2.45, 2.75) is 62.9 Å². The number of aromatic nitrogens is 1. The number of hydrogen-bond donors (Lipinski definition) is 2. The van der Waals surface area contributed by atoms with Crippen LogP contribution in [0.5, 0.6) is 11.5 Å². The monoisotopic (exact) mass is 529 g/mol. The van der Waals surface area contributed by atoms with Gasteiger partial charge in [0.2, 0.25) is 0 Å². The Balaban J connectivity index is 1.44. The fourth-order valence-corrected chi connectivity index (χ4v) is 5.23. The number of Topliss-reactive ketones (excluding diaryl/α,β-unsaturated/α-hetero) is 1. The van der Waals surface area contributed by atoms with E-state index in [1.54, 1.807) is 24.5 Å². The summed E-state index contributed by atoms with van der Waals surface area (Å²) in [4.78, 5) is 26.0. The molecule has 1 aliphatic carbocycles. The van der Waals surface area contributed by atoms with Crippen LogP contribution in [0.4, 0.5) is 8.78 Å². The van der Waals surface area contributed by atoms with Crippen LogP contribution in [0.3, 0.4) is 0 Å². The van der Waals surface area contributed by atoms with Gasteiger partial charge in [0.15, 0.2) is 11.5 Å². The molecule has 8 nitrogen and oxygen atoms in total. The molecule has 10 heteroatoms. The molecule has 1 atom stereocenters. The summed E-state index contributed by atoms with van der Waals surface area (Å²) in [7, 11) is 1.31. The van der Waals surface area contributed by atoms with E-state index in [-0.39, 0.29) is 30.2 Å². The van der Waals surface area contributed by atoms with Crippen molar-refractivity contribution < 1.29 is 42.8 Å². The normalized spacial score (nSPS) is 17.9. The van der Waals surface area contributed by atoms with Crippen molar-refractivity contribution in [2.24, 2.45) is 0 Å². The first-order chi connectivity index (χ1) is 17.9. The van der Waals surface area contributed by atoms with Crippen molar-refractivity contribution in [3.8, 4) is 11.5 Å². The standard InChI is InChI=1S/C28H29F2NO7/c1-26(2,25(35)36-3)23-12-17-10-16(4-6-20(17)31(23)14-19(33)15-32)11-24(34)27(8-9-27)18-5-7-21-22(13-18)38-28(29,30)37-21/h4-7,10,12-13,19,32-33H,8-9,11,14-15H2,1-3H3/t19-/m1/s1. The van der Waals surface area contributed by atoms with Crippen molar-refractivity contribution in [1.82, 2.24) is 4.57 Å². The van der Waals surface area contributed by atoms with Gasteiger partial charge in [0.25, 0.3) is 0 Å². The third-order valence-corrected chi connectivity index (χ3v) is 7.51. The maximum absolute atomic E-state index is 13.5. The maximum atomic E-state index is 13.5. The number of methoxy groups -OCH3 is 1. The fraction of sp³-hybridized carbons (Fsp3) is 0.429. The lowest BCUT2D eigenvalue weighted by Gasteiger charge is -2.25. The Labute approximate surface area is 217 Å². The molecule has 0 saturated heterocycles. The minimum absolute atomic E-state index is 0.0345. The van der Waals surface area contributed by atoms with E-state index in [4.69, 9.17) is 4.74 Å². The van der Waals surface area contributed by atoms with Gasteiger partial charge in [-0.15, -0.1) is 8.78 Å². The first-order valence-electron chi connectivity index (χ1n) is 12.3. The van der Waals surface area contributed by atoms with E-state index in [1.807, 2.05) is 24.3 Å². The van der Waals surface area contributed by atoms with Crippen LogP contribution in [0.25, 0.3) is 10.9 Å². The Morgan fingerprint density at radius 3 is 2.47 bits per heavy atom. The van der Waals surface area contributed by atoms with Crippen LogP contribution >= 0.6 is 0 Å². The van der Waals surface area contributed by atoms with Crippen LogP contribution in [-0.4, -0.2) is 52.6 Å². The zero-order chi connectivity index (χ0) is 27.5. The van der Waals surface area contributed by atoms with Crippen molar-refractivity contribution in [3.05, 3.63) is 59.3 Å². The molecule has 2 aromatic carbocycles. The number of aliphatic hydroxyl groups excluding tert-OH is 2. The zero-order valence-corrected chi connectivity index (χ0v) is 21.3. The number of aliphatic hydroxyl groups is 2. The van der Waals surface area contributed by atoms with E-state index >= 15 is 0 Å². The number of alkyl halides is 2. The van der Waals surface area contributed by atoms with Gasteiger partial charge in [-0.3, -0.25) is 9.59 Å². The van der Waals surface area contributed by atoms with Gasteiger partial charge in [0, 0.05) is 23.0 Å². The zero-order valence-electron chi connectivity index (χ0n) is 21.3. The second-order valence-electron chi connectivity index (χ2n) is 10.5. The van der Waals surface area contributed by atoms with Crippen LogP contribution in [0.2, 0.25) is 0 Å². The van der Waals surface area contributed by atoms with Gasteiger partial charge in [-0.25, -0.2) is 0 Å². The molecule has 202 valence electrons. The molecule has 1 aliphatic heterocycles. The summed E-state index contributed by atoms with van der Waals surface area (Å²) in [5.41, 5.74) is 0.913. The van der Waals surface area contributed by atoms with Gasteiger partial charge in [0.1, 0.15) is 11.2 Å². The lowest BCUT2D eigenvalue weighted by molar-refractivity contribution is -0.286. The third-order valence-electron chi connectivity index (χ3n) is 7.51. The fourth-order valence-electron chi connectivity index (χ4n) is 5.23. The van der Waals surface area contributed by atoms with Crippen molar-refractivity contribution in [3.63, 3.8) is 0 Å². The van der Waals surface area contributed by atoms with Crippen LogP contribution in [-0.2, 0) is 38.1 Å². The topological polar surface area (TPSA) is 107 Å². The largest absolute Gasteiger partial charge is 0.586 e. The molecule has 1 fully saturated rings. The minimum atomic E-state index is -3.72. The van der Waals surface area contributed by atoms with Crippen molar-refractivity contribution >= 4 is 22.7 Å². The van der Waals surface area contributed by atoms with Gasteiger partial charge < -0.3 is 29.0 Å². The molecule has 5 rings (SSSR count). The predicted molar refractivity (Wildman–Crippen MR) is 132 cm³/mol. The number of benzene rings is 2. The summed E-state index contributed by atoms with van der Waals surface area (Å²) >= 11 is 0. The van der Waals surface area contributed by atoms with E-state index in [9.17, 15) is 28.6 Å². The van der Waals surface area contributed by atoms with Crippen molar-refractivity contribution in [2.75, 3.05) is 13.7 Å². The average molecular weight is 530 g/mol. The number of carbonyl (C=O) groups excluding carboxylic acids is 2. The lowest BCUT2D eigenvalue weighted by atomic mass is 9.87. The molecule has 0 spiro atoms. The quantitative estimate of drug-likeness (QED) is 0.408. The van der Waals surface area contributed by atoms with Crippen LogP contribution in [0.1, 0.15) is 43.5 Å². The Morgan fingerprint density at radius 2 is 1.82 bits per heavy atom. The molecule has 0 amide bonds. The number of hydrogen-bond acceptors (Lipinski definition) is 7. The highest BCUT2D eigenvalue weighted by Crippen LogP contribution is 2.52. The van der Waals surface area contributed by atoms with E-state index in [0.717, 1.165) is 16.5 Å². The number of nitrogens with zero attached hydrogens (tertiary/aromatic N) is 1. The predicted octanol–water partition coefficient (Wildman–Crippen LogP) is 3.61. The number of ketones is 1. The molecule has 2 aliphatic rings. The molecule has 0 bridgehead atoms. The van der Waals surface area contributed by atoms with Crippen LogP contribution < -0.4 is 9.47 Å². The van der Waals surface area contributed by atoms with Gasteiger partial charge in [-0.2, -0.15) is 0 Å². The van der Waals surface area contributed by atoms with E-state index in [2.05, 4.69) is 9.47 Å². The Bertz CT molecular complexity index is 1420. The van der Waals surface area contributed by atoms with Crippen LogP contribution in [0, 0.1) is 0 Å². The second kappa shape index (κ2) is 9.06. The van der Waals surface area contributed by atoms with Crippen LogP contribution in [0.15, 0.2) is 42.5 Å². The summed E-state index contributed by atoms with van der Waals surface area (Å²) in [5.74, 6) is -0.630. The molecule has 1 saturated carbocycles. The minimum Gasteiger partial charge on any atom is -0.468 e. The summed E-state index contributed by atoms with van der Waals surface area (Å²) in [6.07, 6.45) is -3.41. The molecule has 2 N–H and O–H groups in total. The van der Waals surface area contributed by atoms with E-state index in [1.165, 1.54) is 19.2 Å². The number of carbonyl (C=O) groups is 2. The summed E-state index contributed by atoms with van der Waals surface area (Å²) in [5, 5.41) is 20.3. The smallest absolute Gasteiger partial charge is 0.468 e. The Hall–Kier alpha value is -3.50. The first-order valence-corrected chi connectivity index (χ1v) is 12.3. The summed E-state index contributed by atoms with van der Waals surface area (Å²) in [6.45, 7) is 3.07. The van der Waals surface area contributed by atoms with Gasteiger partial charge in [-0.1, -0.05) is 12.1 Å². The number of halogens is 2. The molecule has 0 radical (unpaired) electrons. The highest BCUT2D eigenvalue weighted by Gasteiger charge is 2.52. The van der Waals surface area contributed by atoms with E-state index < -0.39 is 35.8 Å². The molecular formula is C28H29F2NO7. The molecule has 2 heterocycles. The molecule has 3 aromatic rings. The Morgan fingerprint density at radius 1 is 1.11 bits per heavy atom. The maximum Gasteiger partial charge on any atom is 0.586 e. The lowest BCUT2D eigenvalue weighted by Crippen LogP contribution is -2.34. The van der Waals surface area contributed by atoms with Gasteiger partial charge in [-0.05, 0) is 68.1 Å². The Kier molecular flexibility index (Phi) is 6.23. The summed E-state index contributed by atoms with van der Waals surface area (Å²) in [6, 6.07) is 11.8. The number of rotatable bonds is 9. The van der Waals surface area contributed by atoms with Crippen molar-refractivity contribution in [1.29, 1.82) is 0 Å². The molecule has 1 aromatic heterocycles. The van der Waals surface area contributed by atoms with E-state index in [0.29, 0.717) is 24.1 Å². The molecule has 0 unspecified atom stereocenters. The SMILES string of the molecule is COC(=O)C(C)(C)c1cc2cc(CC(=O)C3(c4ccc5c(c4)OC(F)(F)O5)CC3)ccc2n1C[C@@H](O)CO. The number of esters is 1. The second-order valence-corrected chi connectivity index (χ2v) is 10.5. The van der Waals surface area contributed by atoms with Gasteiger partial charge >= 0.3 is 12.3 Å². The average Bonchev–Trinajstić information content (AvgIpc) is 3.52. The van der Waals surface area contributed by atoms with Gasteiger partial charge in [0.05, 0.1) is 31.8 Å². The molecular weight excluding hydrogens is 500 g/mol. The highest BCUT2D eigenvalue weighted by atomic mass is 19.3. The third kappa shape index (κ3) is 4.41. The number of ether oxygens (including phenoxy) is 3. The summed E-state index contributed by atoms with van der Waals surface area (Å²) < 4.78 is 42.7. The number of fused-ring (bicyclic) bond motifs is 2. The highest BCUT2D eigenvalue weighted by molar-refractivity contribution is 5.96. The molecule has 38 heavy (non-hydrogen) atoms. The first kappa shape index (κ1) is 26.1.